The normalized spacial score (nSPS) is 11.3. The lowest BCUT2D eigenvalue weighted by Gasteiger charge is -2.24. The molecule has 3 rings (SSSR count). The molecular weight excluding hydrogens is 378 g/mol. The van der Waals surface area contributed by atoms with Gasteiger partial charge in [-0.25, -0.2) is 4.98 Å². The fourth-order valence-corrected chi connectivity index (χ4v) is 4.30. The van der Waals surface area contributed by atoms with Crippen molar-refractivity contribution in [2.24, 2.45) is 0 Å². The Morgan fingerprint density at radius 3 is 2.44 bits per heavy atom. The van der Waals surface area contributed by atoms with Crippen LogP contribution in [0.15, 0.2) is 48.5 Å². The van der Waals surface area contributed by atoms with Crippen LogP contribution in [0.2, 0.25) is 5.02 Å². The highest BCUT2D eigenvalue weighted by molar-refractivity contribution is 7.22. The van der Waals surface area contributed by atoms with Gasteiger partial charge in [0, 0.05) is 13.1 Å². The second kappa shape index (κ2) is 9.31. The highest BCUT2D eigenvalue weighted by Crippen LogP contribution is 2.33. The molecule has 0 saturated carbocycles. The molecule has 0 aliphatic heterocycles. The molecule has 27 heavy (non-hydrogen) atoms. The standard InChI is InChI=1S/C21H24ClN3OS/c1-3-24(4-2)13-14-25(19(26)15-16-9-6-5-7-10-16)21-23-20-17(22)11-8-12-18(20)27-21/h5-12H,3-4,13-15H2,1-2H3. The van der Waals surface area contributed by atoms with E-state index in [2.05, 4.69) is 23.7 Å². The first kappa shape index (κ1) is 19.8. The smallest absolute Gasteiger partial charge is 0.233 e. The number of nitrogens with zero attached hydrogens (tertiary/aromatic N) is 3. The monoisotopic (exact) mass is 401 g/mol. The van der Waals surface area contributed by atoms with Gasteiger partial charge in [-0.3, -0.25) is 9.69 Å². The van der Waals surface area contributed by atoms with Crippen LogP contribution in [-0.2, 0) is 11.2 Å². The van der Waals surface area contributed by atoms with E-state index in [1.807, 2.05) is 53.4 Å². The first-order valence-electron chi connectivity index (χ1n) is 9.24. The van der Waals surface area contributed by atoms with Gasteiger partial charge >= 0.3 is 0 Å². The van der Waals surface area contributed by atoms with Crippen molar-refractivity contribution in [2.45, 2.75) is 20.3 Å². The first-order valence-corrected chi connectivity index (χ1v) is 10.4. The largest absolute Gasteiger partial charge is 0.302 e. The summed E-state index contributed by atoms with van der Waals surface area (Å²) in [5.74, 6) is 0.0588. The maximum absolute atomic E-state index is 13.1. The van der Waals surface area contributed by atoms with Crippen LogP contribution in [0.1, 0.15) is 19.4 Å². The van der Waals surface area contributed by atoms with Crippen LogP contribution >= 0.6 is 22.9 Å². The number of benzene rings is 2. The highest BCUT2D eigenvalue weighted by atomic mass is 35.5. The molecule has 0 radical (unpaired) electrons. The summed E-state index contributed by atoms with van der Waals surface area (Å²) in [7, 11) is 0. The number of rotatable bonds is 8. The van der Waals surface area contributed by atoms with Crippen LogP contribution < -0.4 is 4.90 Å². The summed E-state index contributed by atoms with van der Waals surface area (Å²) >= 11 is 7.81. The molecule has 4 nitrogen and oxygen atoms in total. The van der Waals surface area contributed by atoms with E-state index >= 15 is 0 Å². The minimum atomic E-state index is 0.0588. The Morgan fingerprint density at radius 2 is 1.78 bits per heavy atom. The number of halogens is 1. The number of thiazole rings is 1. The lowest BCUT2D eigenvalue weighted by molar-refractivity contribution is -0.118. The molecule has 0 spiro atoms. The number of anilines is 1. The van der Waals surface area contributed by atoms with Crippen molar-refractivity contribution < 1.29 is 4.79 Å². The van der Waals surface area contributed by atoms with Crippen molar-refractivity contribution >= 4 is 44.2 Å². The fourth-order valence-electron chi connectivity index (χ4n) is 2.99. The Bertz CT molecular complexity index is 893. The summed E-state index contributed by atoms with van der Waals surface area (Å²) in [4.78, 5) is 21.9. The number of hydrogen-bond donors (Lipinski definition) is 0. The number of aromatic nitrogens is 1. The third-order valence-corrected chi connectivity index (χ3v) is 5.97. The SMILES string of the molecule is CCN(CC)CCN(C(=O)Cc1ccccc1)c1nc2c(Cl)cccc2s1. The number of likely N-dealkylation sites (N-methyl/N-ethyl adjacent to an activating group) is 1. The maximum atomic E-state index is 13.1. The van der Waals surface area contributed by atoms with Gasteiger partial charge in [-0.1, -0.05) is 73.2 Å². The van der Waals surface area contributed by atoms with Crippen LogP contribution in [-0.4, -0.2) is 42.0 Å². The van der Waals surface area contributed by atoms with E-state index in [-0.39, 0.29) is 5.91 Å². The molecule has 0 bridgehead atoms. The third kappa shape index (κ3) is 4.86. The Morgan fingerprint density at radius 1 is 1.04 bits per heavy atom. The van der Waals surface area contributed by atoms with Crippen molar-refractivity contribution in [1.29, 1.82) is 0 Å². The zero-order valence-electron chi connectivity index (χ0n) is 15.7. The van der Waals surface area contributed by atoms with Crippen molar-refractivity contribution in [3.8, 4) is 0 Å². The molecule has 6 heteroatoms. The molecule has 0 aliphatic carbocycles. The maximum Gasteiger partial charge on any atom is 0.233 e. The number of carbonyl (C=O) groups excluding carboxylic acids is 1. The van der Waals surface area contributed by atoms with Gasteiger partial charge in [0.25, 0.3) is 0 Å². The number of amides is 1. The molecule has 0 N–H and O–H groups in total. The van der Waals surface area contributed by atoms with Gasteiger partial charge in [0.15, 0.2) is 5.13 Å². The molecule has 1 amide bonds. The summed E-state index contributed by atoms with van der Waals surface area (Å²) in [6, 6.07) is 15.6. The van der Waals surface area contributed by atoms with E-state index in [0.29, 0.717) is 23.1 Å². The predicted molar refractivity (Wildman–Crippen MR) is 115 cm³/mol. The van der Waals surface area contributed by atoms with Crippen LogP contribution in [0.25, 0.3) is 10.2 Å². The zero-order valence-corrected chi connectivity index (χ0v) is 17.3. The Kier molecular flexibility index (Phi) is 6.83. The molecule has 3 aromatic rings. The van der Waals surface area contributed by atoms with Gasteiger partial charge < -0.3 is 4.90 Å². The molecular formula is C21H24ClN3OS. The van der Waals surface area contributed by atoms with E-state index in [1.165, 1.54) is 11.3 Å². The second-order valence-electron chi connectivity index (χ2n) is 6.32. The summed E-state index contributed by atoms with van der Waals surface area (Å²) < 4.78 is 0.998. The third-order valence-electron chi connectivity index (χ3n) is 4.62. The fraction of sp³-hybridized carbons (Fsp3) is 0.333. The second-order valence-corrected chi connectivity index (χ2v) is 7.73. The summed E-state index contributed by atoms with van der Waals surface area (Å²) in [5.41, 5.74) is 1.77. The van der Waals surface area contributed by atoms with Gasteiger partial charge in [0.05, 0.1) is 16.1 Å². The highest BCUT2D eigenvalue weighted by Gasteiger charge is 2.21. The van der Waals surface area contributed by atoms with Crippen molar-refractivity contribution in [3.63, 3.8) is 0 Å². The van der Waals surface area contributed by atoms with Crippen molar-refractivity contribution in [3.05, 3.63) is 59.1 Å². The number of carbonyl (C=O) groups is 1. The van der Waals surface area contributed by atoms with Gasteiger partial charge in [0.2, 0.25) is 5.91 Å². The lowest BCUT2D eigenvalue weighted by atomic mass is 10.1. The quantitative estimate of drug-likeness (QED) is 0.540. The van der Waals surface area contributed by atoms with Crippen molar-refractivity contribution in [1.82, 2.24) is 9.88 Å². The van der Waals surface area contributed by atoms with E-state index in [4.69, 9.17) is 11.6 Å². The average Bonchev–Trinajstić information content (AvgIpc) is 3.11. The minimum absolute atomic E-state index is 0.0588. The zero-order chi connectivity index (χ0) is 19.2. The number of hydrogen-bond acceptors (Lipinski definition) is 4. The molecule has 0 fully saturated rings. The van der Waals surface area contributed by atoms with Crippen LogP contribution in [0.4, 0.5) is 5.13 Å². The van der Waals surface area contributed by atoms with Gasteiger partial charge in [0.1, 0.15) is 5.52 Å². The molecule has 1 heterocycles. The van der Waals surface area contributed by atoms with Crippen LogP contribution in [0, 0.1) is 0 Å². The van der Waals surface area contributed by atoms with Gasteiger partial charge in [-0.15, -0.1) is 0 Å². The minimum Gasteiger partial charge on any atom is -0.302 e. The summed E-state index contributed by atoms with van der Waals surface area (Å²) in [5, 5.41) is 1.33. The Labute approximate surface area is 169 Å². The molecule has 2 aromatic carbocycles. The average molecular weight is 402 g/mol. The Hall–Kier alpha value is -1.95. The number of fused-ring (bicyclic) bond motifs is 1. The lowest BCUT2D eigenvalue weighted by Crippen LogP contribution is -2.39. The van der Waals surface area contributed by atoms with Gasteiger partial charge in [-0.2, -0.15) is 0 Å². The van der Waals surface area contributed by atoms with Gasteiger partial charge in [-0.05, 0) is 30.8 Å². The van der Waals surface area contributed by atoms with E-state index in [0.717, 1.165) is 35.4 Å². The number of para-hydroxylation sites is 1. The van der Waals surface area contributed by atoms with Crippen LogP contribution in [0.3, 0.4) is 0 Å². The summed E-state index contributed by atoms with van der Waals surface area (Å²) in [6.07, 6.45) is 0.364. The molecule has 1 aromatic heterocycles. The predicted octanol–water partition coefficient (Wildman–Crippen LogP) is 4.87. The molecule has 0 unspecified atom stereocenters. The topological polar surface area (TPSA) is 36.4 Å². The Balaban J connectivity index is 1.88. The molecule has 0 aliphatic rings. The molecule has 0 saturated heterocycles. The van der Waals surface area contributed by atoms with Crippen molar-refractivity contribution in [2.75, 3.05) is 31.1 Å². The van der Waals surface area contributed by atoms with E-state index in [1.54, 1.807) is 0 Å². The van der Waals surface area contributed by atoms with E-state index in [9.17, 15) is 4.79 Å². The van der Waals surface area contributed by atoms with Crippen LogP contribution in [0.5, 0.6) is 0 Å². The summed E-state index contributed by atoms with van der Waals surface area (Å²) in [6.45, 7) is 7.63. The van der Waals surface area contributed by atoms with E-state index < -0.39 is 0 Å². The molecule has 0 atom stereocenters. The molecule has 142 valence electrons. The first-order chi connectivity index (χ1) is 13.1.